The summed E-state index contributed by atoms with van der Waals surface area (Å²) in [4.78, 5) is 0. The number of nitrogens with zero attached hydrogens (tertiary/aromatic N) is 2. The van der Waals surface area contributed by atoms with Gasteiger partial charge in [-0.05, 0) is 19.4 Å². The Bertz CT molecular complexity index is 247. The van der Waals surface area contributed by atoms with E-state index in [0.717, 1.165) is 16.8 Å². The summed E-state index contributed by atoms with van der Waals surface area (Å²) in [5, 5.41) is 6.61. The molecular weight excluding hydrogens is 236 g/mol. The van der Waals surface area contributed by atoms with Crippen LogP contribution in [-0.4, -0.2) is 20.9 Å². The molecule has 0 amide bonds. The molecule has 2 nitrogen and oxygen atoms in total. The van der Waals surface area contributed by atoms with Gasteiger partial charge in [-0.3, -0.25) is 4.68 Å². The van der Waals surface area contributed by atoms with Crippen molar-refractivity contribution in [2.45, 2.75) is 18.4 Å². The molecule has 0 N–H and O–H groups in total. The number of rotatable bonds is 4. The van der Waals surface area contributed by atoms with Crippen molar-refractivity contribution in [1.82, 2.24) is 9.78 Å². The predicted molar refractivity (Wildman–Crippen MR) is 57.1 cm³/mol. The quantitative estimate of drug-likeness (QED) is 0.463. The summed E-state index contributed by atoms with van der Waals surface area (Å²) in [5.41, 5.74) is 1.10. The van der Waals surface area contributed by atoms with Crippen molar-refractivity contribution in [2.24, 2.45) is 7.05 Å². The fourth-order valence-electron chi connectivity index (χ4n) is 0.953. The molecule has 4 heteroatoms. The lowest BCUT2D eigenvalue weighted by atomic mass is 10.5. The van der Waals surface area contributed by atoms with Crippen LogP contribution in [0.4, 0.5) is 0 Å². The van der Waals surface area contributed by atoms with Gasteiger partial charge in [-0.2, -0.15) is 5.10 Å². The van der Waals surface area contributed by atoms with Crippen molar-refractivity contribution < 1.29 is 0 Å². The average Bonchev–Trinajstić information content (AvgIpc) is 2.31. The van der Waals surface area contributed by atoms with Gasteiger partial charge < -0.3 is 0 Å². The molecule has 1 aromatic heterocycles. The molecule has 0 saturated carbocycles. The molecule has 0 unspecified atom stereocenters. The molecular formula is C8H13BrN2S. The predicted octanol–water partition coefficient (Wildman–Crippen LogP) is 2.61. The molecule has 0 fully saturated rings. The highest BCUT2D eigenvalue weighted by Crippen LogP contribution is 2.18. The van der Waals surface area contributed by atoms with Gasteiger partial charge in [-0.1, -0.05) is 15.9 Å². The van der Waals surface area contributed by atoms with E-state index in [1.807, 2.05) is 30.4 Å². The maximum absolute atomic E-state index is 4.27. The zero-order valence-corrected chi connectivity index (χ0v) is 9.78. The average molecular weight is 249 g/mol. The van der Waals surface area contributed by atoms with Gasteiger partial charge in [0.25, 0.3) is 0 Å². The van der Waals surface area contributed by atoms with Crippen LogP contribution < -0.4 is 0 Å². The first-order valence-electron chi connectivity index (χ1n) is 3.93. The first-order chi connectivity index (χ1) is 5.74. The molecule has 0 aliphatic rings. The van der Waals surface area contributed by atoms with Gasteiger partial charge in [0.15, 0.2) is 0 Å². The molecule has 68 valence electrons. The van der Waals surface area contributed by atoms with Crippen molar-refractivity contribution in [1.29, 1.82) is 0 Å². The summed E-state index contributed by atoms with van der Waals surface area (Å²) in [6.07, 6.45) is 1.20. The number of hydrogen-bond donors (Lipinski definition) is 0. The first-order valence-corrected chi connectivity index (χ1v) is 6.04. The highest BCUT2D eigenvalue weighted by atomic mass is 79.9. The second-order valence-corrected chi connectivity index (χ2v) is 4.55. The second-order valence-electron chi connectivity index (χ2n) is 2.64. The van der Waals surface area contributed by atoms with E-state index in [1.54, 1.807) is 0 Å². The third kappa shape index (κ3) is 2.83. The van der Waals surface area contributed by atoms with Gasteiger partial charge in [0, 0.05) is 18.1 Å². The highest BCUT2D eigenvalue weighted by molar-refractivity contribution is 9.09. The first kappa shape index (κ1) is 10.1. The van der Waals surface area contributed by atoms with E-state index in [4.69, 9.17) is 0 Å². The molecule has 1 heterocycles. The fourth-order valence-corrected chi connectivity index (χ4v) is 2.58. The summed E-state index contributed by atoms with van der Waals surface area (Å²) >= 11 is 5.27. The zero-order valence-electron chi connectivity index (χ0n) is 7.38. The van der Waals surface area contributed by atoms with Crippen LogP contribution in [-0.2, 0) is 7.05 Å². The van der Waals surface area contributed by atoms with Crippen LogP contribution in [0.2, 0.25) is 0 Å². The lowest BCUT2D eigenvalue weighted by Gasteiger charge is -1.98. The molecule has 0 saturated heterocycles. The van der Waals surface area contributed by atoms with Crippen molar-refractivity contribution in [3.05, 3.63) is 11.8 Å². The molecule has 0 atom stereocenters. The van der Waals surface area contributed by atoms with Crippen LogP contribution >= 0.6 is 27.7 Å². The number of alkyl halides is 1. The number of hydrogen-bond acceptors (Lipinski definition) is 2. The molecule has 0 aromatic carbocycles. The minimum atomic E-state index is 1.08. The van der Waals surface area contributed by atoms with E-state index in [9.17, 15) is 0 Å². The maximum Gasteiger partial charge on any atom is 0.0939 e. The van der Waals surface area contributed by atoms with E-state index in [-0.39, 0.29) is 0 Å². The Morgan fingerprint density at radius 1 is 1.67 bits per heavy atom. The summed E-state index contributed by atoms with van der Waals surface area (Å²) < 4.78 is 1.94. The van der Waals surface area contributed by atoms with Gasteiger partial charge in [0.1, 0.15) is 0 Å². The zero-order chi connectivity index (χ0) is 8.97. The fraction of sp³-hybridized carbons (Fsp3) is 0.625. The van der Waals surface area contributed by atoms with Gasteiger partial charge in [-0.25, -0.2) is 0 Å². The smallest absolute Gasteiger partial charge is 0.0939 e. The minimum absolute atomic E-state index is 1.08. The van der Waals surface area contributed by atoms with Crippen molar-refractivity contribution >= 4 is 27.7 Å². The van der Waals surface area contributed by atoms with Crippen LogP contribution in [0.15, 0.2) is 11.1 Å². The Labute approximate surface area is 85.9 Å². The van der Waals surface area contributed by atoms with Crippen LogP contribution in [0.3, 0.4) is 0 Å². The maximum atomic E-state index is 4.27. The molecule has 0 spiro atoms. The Balaban J connectivity index is 2.45. The number of aryl methyl sites for hydroxylation is 2. The molecule has 0 bridgehead atoms. The van der Waals surface area contributed by atoms with E-state index in [1.165, 1.54) is 11.4 Å². The van der Waals surface area contributed by atoms with Gasteiger partial charge in [0.2, 0.25) is 0 Å². The number of thioether (sulfide) groups is 1. The van der Waals surface area contributed by atoms with E-state index >= 15 is 0 Å². The standard InChI is InChI=1S/C8H13BrN2S/c1-7-6-8(11(2)10-7)12-5-3-4-9/h6H,3-5H2,1-2H3. The SMILES string of the molecule is Cc1cc(SCCCBr)n(C)n1. The molecule has 1 aromatic rings. The summed E-state index contributed by atoms with van der Waals surface area (Å²) in [5.74, 6) is 1.16. The van der Waals surface area contributed by atoms with E-state index < -0.39 is 0 Å². The van der Waals surface area contributed by atoms with Crippen LogP contribution in [0.1, 0.15) is 12.1 Å². The third-order valence-corrected chi connectivity index (χ3v) is 3.22. The molecule has 0 aliphatic carbocycles. The normalized spacial score (nSPS) is 10.6. The van der Waals surface area contributed by atoms with Gasteiger partial charge in [0.05, 0.1) is 10.7 Å². The Hall–Kier alpha value is 0.0400. The molecule has 0 radical (unpaired) electrons. The topological polar surface area (TPSA) is 17.8 Å². The van der Waals surface area contributed by atoms with E-state index in [0.29, 0.717) is 0 Å². The number of aromatic nitrogens is 2. The Kier molecular flexibility index (Phi) is 4.15. The van der Waals surface area contributed by atoms with Crippen molar-refractivity contribution in [3.63, 3.8) is 0 Å². The second kappa shape index (κ2) is 4.92. The lowest BCUT2D eigenvalue weighted by molar-refractivity contribution is 0.692. The van der Waals surface area contributed by atoms with E-state index in [2.05, 4.69) is 27.1 Å². The molecule has 0 aliphatic heterocycles. The van der Waals surface area contributed by atoms with Crippen molar-refractivity contribution in [2.75, 3.05) is 11.1 Å². The monoisotopic (exact) mass is 248 g/mol. The molecule has 1 rings (SSSR count). The highest BCUT2D eigenvalue weighted by Gasteiger charge is 2.00. The third-order valence-electron chi connectivity index (χ3n) is 1.49. The lowest BCUT2D eigenvalue weighted by Crippen LogP contribution is -1.93. The largest absolute Gasteiger partial charge is 0.262 e. The minimum Gasteiger partial charge on any atom is -0.262 e. The van der Waals surface area contributed by atoms with Crippen LogP contribution in [0.5, 0.6) is 0 Å². The Morgan fingerprint density at radius 2 is 2.42 bits per heavy atom. The van der Waals surface area contributed by atoms with Crippen LogP contribution in [0, 0.1) is 6.92 Å². The summed E-state index contributed by atoms with van der Waals surface area (Å²) in [7, 11) is 1.99. The summed E-state index contributed by atoms with van der Waals surface area (Å²) in [6, 6.07) is 2.12. The summed E-state index contributed by atoms with van der Waals surface area (Å²) in [6.45, 7) is 2.02. The Morgan fingerprint density at radius 3 is 2.92 bits per heavy atom. The van der Waals surface area contributed by atoms with Crippen molar-refractivity contribution in [3.8, 4) is 0 Å². The molecule has 12 heavy (non-hydrogen) atoms. The van der Waals surface area contributed by atoms with Gasteiger partial charge >= 0.3 is 0 Å². The van der Waals surface area contributed by atoms with Gasteiger partial charge in [-0.15, -0.1) is 11.8 Å². The van der Waals surface area contributed by atoms with Crippen LogP contribution in [0.25, 0.3) is 0 Å². The number of halogens is 1.